The minimum absolute atomic E-state index is 0.00510. The van der Waals surface area contributed by atoms with E-state index < -0.39 is 34.8 Å². The van der Waals surface area contributed by atoms with Gasteiger partial charge in [-0.15, -0.1) is 0 Å². The Morgan fingerprint density at radius 1 is 0.806 bits per heavy atom. The van der Waals surface area contributed by atoms with Crippen LogP contribution in [0.4, 0.5) is 17.6 Å². The summed E-state index contributed by atoms with van der Waals surface area (Å²) in [5, 5.41) is 0. The molecule has 4 rings (SSSR count). The minimum Gasteiger partial charge on any atom is -0.491 e. The average molecular weight is 501 g/mol. The molecule has 3 aromatic rings. The molecule has 190 valence electrons. The van der Waals surface area contributed by atoms with Gasteiger partial charge in [0.15, 0.2) is 23.2 Å². The molecule has 1 aliphatic carbocycles. The van der Waals surface area contributed by atoms with Gasteiger partial charge in [-0.25, -0.2) is 18.0 Å². The Hall–Kier alpha value is -3.35. The van der Waals surface area contributed by atoms with E-state index in [1.807, 2.05) is 0 Å². The molecule has 36 heavy (non-hydrogen) atoms. The van der Waals surface area contributed by atoms with Crippen molar-refractivity contribution in [2.24, 2.45) is 5.92 Å². The summed E-state index contributed by atoms with van der Waals surface area (Å²) in [6.07, 6.45) is 4.64. The van der Waals surface area contributed by atoms with E-state index in [1.54, 1.807) is 6.92 Å². The Balaban J connectivity index is 1.47. The molecule has 0 amide bonds. The van der Waals surface area contributed by atoms with E-state index in [0.717, 1.165) is 32.1 Å². The van der Waals surface area contributed by atoms with Crippen molar-refractivity contribution in [2.45, 2.75) is 51.9 Å². The quantitative estimate of drug-likeness (QED) is 0.186. The van der Waals surface area contributed by atoms with Crippen LogP contribution in [0.2, 0.25) is 0 Å². The Bertz CT molecular complexity index is 1230. The normalized spacial score (nSPS) is 17.6. The smallest absolute Gasteiger partial charge is 0.346 e. The predicted molar refractivity (Wildman–Crippen MR) is 129 cm³/mol. The SMILES string of the molecule is CCOc1ccc(-c2ccc(OC(=O)c3ccc(C4CCC(CC)CC4)c(F)c3F)cc2)c(F)c1F. The highest BCUT2D eigenvalue weighted by Crippen LogP contribution is 2.39. The number of rotatable bonds is 7. The first-order chi connectivity index (χ1) is 17.3. The largest absolute Gasteiger partial charge is 0.491 e. The number of hydrogen-bond donors (Lipinski definition) is 0. The summed E-state index contributed by atoms with van der Waals surface area (Å²) in [6.45, 7) is 4.00. The summed E-state index contributed by atoms with van der Waals surface area (Å²) in [5.74, 6) is -5.00. The first-order valence-corrected chi connectivity index (χ1v) is 12.2. The third kappa shape index (κ3) is 5.25. The van der Waals surface area contributed by atoms with Crippen LogP contribution in [0.5, 0.6) is 11.5 Å². The fraction of sp³-hybridized carbons (Fsp3) is 0.345. The maximum absolute atomic E-state index is 14.9. The highest BCUT2D eigenvalue weighted by molar-refractivity contribution is 5.91. The second-order valence-electron chi connectivity index (χ2n) is 9.04. The van der Waals surface area contributed by atoms with Gasteiger partial charge in [0, 0.05) is 5.56 Å². The standard InChI is InChI=1S/C29H28F4O3/c1-3-17-5-7-18(8-6-17)21-13-14-23(27(32)25(21)30)29(34)36-20-11-9-19(10-12-20)22-15-16-24(35-4-2)28(33)26(22)31/h9-18H,3-8H2,1-2H3. The van der Waals surface area contributed by atoms with E-state index in [-0.39, 0.29) is 29.6 Å². The zero-order valence-electron chi connectivity index (χ0n) is 20.3. The van der Waals surface area contributed by atoms with Crippen molar-refractivity contribution in [3.63, 3.8) is 0 Å². The van der Waals surface area contributed by atoms with Gasteiger partial charge in [-0.1, -0.05) is 31.5 Å². The number of hydrogen-bond acceptors (Lipinski definition) is 3. The molecule has 0 N–H and O–H groups in total. The van der Waals surface area contributed by atoms with Gasteiger partial charge in [-0.2, -0.15) is 4.39 Å². The third-order valence-electron chi connectivity index (χ3n) is 6.92. The Labute approximate surface area is 208 Å². The van der Waals surface area contributed by atoms with Crippen molar-refractivity contribution in [1.82, 2.24) is 0 Å². The molecule has 1 fully saturated rings. The predicted octanol–water partition coefficient (Wildman–Crippen LogP) is 8.21. The summed E-state index contributed by atoms with van der Waals surface area (Å²) in [4.78, 5) is 12.6. The molecule has 0 spiro atoms. The first kappa shape index (κ1) is 25.7. The lowest BCUT2D eigenvalue weighted by molar-refractivity contribution is 0.0728. The molecule has 1 saturated carbocycles. The Kier molecular flexibility index (Phi) is 7.97. The molecule has 0 heterocycles. The van der Waals surface area contributed by atoms with Crippen molar-refractivity contribution in [3.8, 4) is 22.6 Å². The fourth-order valence-corrected chi connectivity index (χ4v) is 4.81. The maximum Gasteiger partial charge on any atom is 0.346 e. The van der Waals surface area contributed by atoms with E-state index in [4.69, 9.17) is 9.47 Å². The number of benzene rings is 3. The zero-order valence-corrected chi connectivity index (χ0v) is 20.3. The van der Waals surface area contributed by atoms with Gasteiger partial charge in [-0.3, -0.25) is 0 Å². The molecule has 0 aromatic heterocycles. The van der Waals surface area contributed by atoms with Crippen LogP contribution in [0, 0.1) is 29.2 Å². The van der Waals surface area contributed by atoms with Gasteiger partial charge in [-0.05, 0) is 85.9 Å². The topological polar surface area (TPSA) is 35.5 Å². The van der Waals surface area contributed by atoms with E-state index in [1.165, 1.54) is 48.5 Å². The summed E-state index contributed by atoms with van der Waals surface area (Å²) in [6, 6.07) is 11.1. The average Bonchev–Trinajstić information content (AvgIpc) is 2.89. The highest BCUT2D eigenvalue weighted by atomic mass is 19.2. The summed E-state index contributed by atoms with van der Waals surface area (Å²) in [7, 11) is 0. The van der Waals surface area contributed by atoms with Crippen molar-refractivity contribution in [2.75, 3.05) is 6.61 Å². The van der Waals surface area contributed by atoms with Crippen molar-refractivity contribution in [1.29, 1.82) is 0 Å². The molecule has 0 atom stereocenters. The number of esters is 1. The van der Waals surface area contributed by atoms with Crippen LogP contribution in [-0.2, 0) is 0 Å². The molecule has 0 radical (unpaired) electrons. The molecular formula is C29H28F4O3. The number of carbonyl (C=O) groups is 1. The molecule has 0 aliphatic heterocycles. The zero-order chi connectivity index (χ0) is 25.8. The molecule has 3 aromatic carbocycles. The van der Waals surface area contributed by atoms with Crippen molar-refractivity contribution >= 4 is 5.97 Å². The lowest BCUT2D eigenvalue weighted by atomic mass is 9.77. The van der Waals surface area contributed by atoms with E-state index >= 15 is 0 Å². The third-order valence-corrected chi connectivity index (χ3v) is 6.92. The van der Waals surface area contributed by atoms with Gasteiger partial charge in [0.25, 0.3) is 0 Å². The van der Waals surface area contributed by atoms with Crippen molar-refractivity contribution < 1.29 is 31.8 Å². The summed E-state index contributed by atoms with van der Waals surface area (Å²) < 4.78 is 68.6. The Morgan fingerprint density at radius 2 is 1.50 bits per heavy atom. The van der Waals surface area contributed by atoms with Gasteiger partial charge in [0.05, 0.1) is 12.2 Å². The Morgan fingerprint density at radius 3 is 2.14 bits per heavy atom. The monoisotopic (exact) mass is 500 g/mol. The highest BCUT2D eigenvalue weighted by Gasteiger charge is 2.27. The second kappa shape index (κ2) is 11.1. The molecule has 1 aliphatic rings. The van der Waals surface area contributed by atoms with Gasteiger partial charge >= 0.3 is 5.97 Å². The molecular weight excluding hydrogens is 472 g/mol. The van der Waals surface area contributed by atoms with E-state index in [2.05, 4.69) is 6.92 Å². The van der Waals surface area contributed by atoms with Gasteiger partial charge in [0.2, 0.25) is 5.82 Å². The van der Waals surface area contributed by atoms with Crippen LogP contribution in [0.1, 0.15) is 67.8 Å². The minimum atomic E-state index is -1.22. The number of carbonyl (C=O) groups excluding carboxylic acids is 1. The van der Waals surface area contributed by atoms with Crippen molar-refractivity contribution in [3.05, 3.63) is 82.9 Å². The summed E-state index contributed by atoms with van der Waals surface area (Å²) in [5.41, 5.74) is 0.147. The molecule has 7 heteroatoms. The van der Waals surface area contributed by atoms with Crippen LogP contribution in [0.15, 0.2) is 48.5 Å². The van der Waals surface area contributed by atoms with Gasteiger partial charge < -0.3 is 9.47 Å². The lowest BCUT2D eigenvalue weighted by Gasteiger charge is -2.28. The van der Waals surface area contributed by atoms with E-state index in [0.29, 0.717) is 17.0 Å². The fourth-order valence-electron chi connectivity index (χ4n) is 4.81. The first-order valence-electron chi connectivity index (χ1n) is 12.2. The second-order valence-corrected chi connectivity index (χ2v) is 9.04. The van der Waals surface area contributed by atoms with E-state index in [9.17, 15) is 22.4 Å². The van der Waals surface area contributed by atoms with Crippen LogP contribution >= 0.6 is 0 Å². The van der Waals surface area contributed by atoms with Crippen LogP contribution in [0.25, 0.3) is 11.1 Å². The van der Waals surface area contributed by atoms with Crippen LogP contribution < -0.4 is 9.47 Å². The summed E-state index contributed by atoms with van der Waals surface area (Å²) >= 11 is 0. The molecule has 0 saturated heterocycles. The maximum atomic E-state index is 14.9. The molecule has 3 nitrogen and oxygen atoms in total. The number of halogens is 4. The van der Waals surface area contributed by atoms with Crippen LogP contribution in [-0.4, -0.2) is 12.6 Å². The lowest BCUT2D eigenvalue weighted by Crippen LogP contribution is -2.16. The number of ether oxygens (including phenoxy) is 2. The molecule has 0 bridgehead atoms. The molecule has 0 unspecified atom stereocenters. The van der Waals surface area contributed by atoms with Crippen LogP contribution in [0.3, 0.4) is 0 Å². The van der Waals surface area contributed by atoms with Gasteiger partial charge in [0.1, 0.15) is 5.75 Å².